The average molecular weight is 570 g/mol. The Morgan fingerprint density at radius 3 is 2.10 bits per heavy atom. The number of benzene rings is 3. The molecule has 30 heavy (non-hydrogen) atoms. The molecule has 0 spiro atoms. The van der Waals surface area contributed by atoms with E-state index in [0.29, 0.717) is 10.9 Å². The van der Waals surface area contributed by atoms with Gasteiger partial charge in [-0.15, -0.1) is 35.9 Å². The predicted octanol–water partition coefficient (Wildman–Crippen LogP) is 5.63. The van der Waals surface area contributed by atoms with E-state index in [0.717, 1.165) is 22.0 Å². The number of aromatic nitrogens is 2. The first-order valence-corrected chi connectivity index (χ1v) is 9.13. The van der Waals surface area contributed by atoms with Gasteiger partial charge in [-0.1, -0.05) is 54.6 Å². The Labute approximate surface area is 187 Å². The van der Waals surface area contributed by atoms with Gasteiger partial charge in [-0.2, -0.15) is 0 Å². The van der Waals surface area contributed by atoms with Crippen molar-refractivity contribution in [2.45, 2.75) is 0 Å². The molecule has 0 amide bonds. The largest absolute Gasteiger partial charge is 0.476 e. The van der Waals surface area contributed by atoms with Gasteiger partial charge in [0, 0.05) is 37.1 Å². The fraction of sp³-hybridized carbons (Fsp3) is 0. The Morgan fingerprint density at radius 2 is 1.43 bits per heavy atom. The van der Waals surface area contributed by atoms with Crippen LogP contribution in [0.3, 0.4) is 0 Å². The molecule has 0 aliphatic heterocycles. The molecule has 0 unspecified atom stereocenters. The molecule has 5 aromatic rings. The number of carboxylic acids is 1. The number of hydrogen-bond donors (Lipinski definition) is 1. The SMILES string of the molecule is O=C(O)c1nc2ccccc2c2ccccc12.[Ir].[c-]1ccccc1-c1ccccn1. The molecular weight excluding hydrogens is 553 g/mol. The summed E-state index contributed by atoms with van der Waals surface area (Å²) in [5.74, 6) is -0.994. The van der Waals surface area contributed by atoms with Gasteiger partial charge in [-0.25, -0.2) is 9.78 Å². The van der Waals surface area contributed by atoms with Gasteiger partial charge >= 0.3 is 5.97 Å². The third-order valence-corrected chi connectivity index (χ3v) is 4.46. The van der Waals surface area contributed by atoms with E-state index < -0.39 is 5.97 Å². The molecule has 0 bridgehead atoms. The van der Waals surface area contributed by atoms with Gasteiger partial charge in [-0.05, 0) is 23.2 Å². The number of para-hydroxylation sites is 1. The molecule has 5 heteroatoms. The quantitative estimate of drug-likeness (QED) is 0.221. The zero-order valence-electron chi connectivity index (χ0n) is 15.8. The molecule has 2 aromatic heterocycles. The summed E-state index contributed by atoms with van der Waals surface area (Å²) in [6.45, 7) is 0. The Morgan fingerprint density at radius 1 is 0.767 bits per heavy atom. The van der Waals surface area contributed by atoms with Crippen LogP contribution in [0.25, 0.3) is 32.9 Å². The summed E-state index contributed by atoms with van der Waals surface area (Å²) < 4.78 is 0. The van der Waals surface area contributed by atoms with Crippen LogP contribution in [0, 0.1) is 6.07 Å². The molecule has 0 fully saturated rings. The van der Waals surface area contributed by atoms with Crippen LogP contribution >= 0.6 is 0 Å². The van der Waals surface area contributed by atoms with Gasteiger partial charge in [0.1, 0.15) is 0 Å². The molecular formula is C25H17IrN2O2-. The van der Waals surface area contributed by atoms with Crippen LogP contribution in [0.5, 0.6) is 0 Å². The third-order valence-electron chi connectivity index (χ3n) is 4.46. The van der Waals surface area contributed by atoms with E-state index in [-0.39, 0.29) is 25.8 Å². The number of hydrogen-bond acceptors (Lipinski definition) is 3. The topological polar surface area (TPSA) is 63.1 Å². The number of nitrogens with zero attached hydrogens (tertiary/aromatic N) is 2. The third kappa shape index (κ3) is 4.60. The second-order valence-corrected chi connectivity index (χ2v) is 6.32. The van der Waals surface area contributed by atoms with E-state index >= 15 is 0 Å². The van der Waals surface area contributed by atoms with Gasteiger partial charge in [0.15, 0.2) is 5.69 Å². The normalized spacial score (nSPS) is 10.0. The molecule has 3 aromatic carbocycles. The van der Waals surface area contributed by atoms with Crippen molar-refractivity contribution < 1.29 is 30.0 Å². The number of pyridine rings is 2. The van der Waals surface area contributed by atoms with Crippen molar-refractivity contribution in [1.29, 1.82) is 0 Å². The molecule has 0 saturated heterocycles. The number of aromatic carboxylic acids is 1. The molecule has 2 heterocycles. The van der Waals surface area contributed by atoms with Crippen molar-refractivity contribution in [3.05, 3.63) is 109 Å². The summed E-state index contributed by atoms with van der Waals surface area (Å²) >= 11 is 0. The van der Waals surface area contributed by atoms with Crippen molar-refractivity contribution in [3.63, 3.8) is 0 Å². The zero-order chi connectivity index (χ0) is 20.1. The summed E-state index contributed by atoms with van der Waals surface area (Å²) in [7, 11) is 0. The molecule has 149 valence electrons. The Kier molecular flexibility index (Phi) is 7.02. The first-order chi connectivity index (χ1) is 14.2. The van der Waals surface area contributed by atoms with Gasteiger partial charge in [-0.3, -0.25) is 0 Å². The second-order valence-electron chi connectivity index (χ2n) is 6.32. The fourth-order valence-electron chi connectivity index (χ4n) is 3.14. The fourth-order valence-corrected chi connectivity index (χ4v) is 3.14. The Bertz CT molecular complexity index is 1240. The number of carbonyl (C=O) groups is 1. The molecule has 5 rings (SSSR count). The molecule has 0 aliphatic rings. The minimum Gasteiger partial charge on any atom is -0.476 e. The van der Waals surface area contributed by atoms with Crippen molar-refractivity contribution in [2.75, 3.05) is 0 Å². The minimum absolute atomic E-state index is 0. The van der Waals surface area contributed by atoms with E-state index in [4.69, 9.17) is 0 Å². The molecule has 1 radical (unpaired) electrons. The van der Waals surface area contributed by atoms with Crippen LogP contribution in [0.2, 0.25) is 0 Å². The van der Waals surface area contributed by atoms with Crippen molar-refractivity contribution in [2.24, 2.45) is 0 Å². The predicted molar refractivity (Wildman–Crippen MR) is 115 cm³/mol. The van der Waals surface area contributed by atoms with Gasteiger partial charge < -0.3 is 10.1 Å². The number of fused-ring (bicyclic) bond motifs is 3. The van der Waals surface area contributed by atoms with E-state index in [1.165, 1.54) is 0 Å². The van der Waals surface area contributed by atoms with Gasteiger partial charge in [0.05, 0.1) is 5.52 Å². The Balaban J connectivity index is 0.000000175. The summed E-state index contributed by atoms with van der Waals surface area (Å²) in [5, 5.41) is 11.8. The van der Waals surface area contributed by atoms with Crippen LogP contribution in [0.15, 0.2) is 97.2 Å². The van der Waals surface area contributed by atoms with Crippen LogP contribution in [0.4, 0.5) is 0 Å². The maximum atomic E-state index is 11.2. The van der Waals surface area contributed by atoms with Crippen LogP contribution in [-0.4, -0.2) is 21.0 Å². The monoisotopic (exact) mass is 570 g/mol. The molecule has 0 saturated carbocycles. The number of rotatable bonds is 2. The van der Waals surface area contributed by atoms with Crippen molar-refractivity contribution in [3.8, 4) is 11.3 Å². The summed E-state index contributed by atoms with van der Waals surface area (Å²) in [6.07, 6.45) is 1.79. The Hall–Kier alpha value is -3.40. The summed E-state index contributed by atoms with van der Waals surface area (Å²) in [5.41, 5.74) is 2.83. The van der Waals surface area contributed by atoms with Crippen molar-refractivity contribution in [1.82, 2.24) is 9.97 Å². The minimum atomic E-state index is -0.994. The molecule has 0 aliphatic carbocycles. The summed E-state index contributed by atoms with van der Waals surface area (Å²) in [6, 6.07) is 31.8. The molecule has 4 nitrogen and oxygen atoms in total. The average Bonchev–Trinajstić information content (AvgIpc) is 2.80. The van der Waals surface area contributed by atoms with E-state index in [9.17, 15) is 9.90 Å². The van der Waals surface area contributed by atoms with Gasteiger partial charge in [0.25, 0.3) is 0 Å². The zero-order valence-corrected chi connectivity index (χ0v) is 18.2. The van der Waals surface area contributed by atoms with Crippen LogP contribution in [0.1, 0.15) is 10.5 Å². The van der Waals surface area contributed by atoms with E-state index in [1.807, 2.05) is 84.9 Å². The smallest absolute Gasteiger partial charge is 0.355 e. The molecule has 0 atom stereocenters. The van der Waals surface area contributed by atoms with Crippen LogP contribution < -0.4 is 0 Å². The molecule has 1 N–H and O–H groups in total. The number of carboxylic acid groups (broad SMARTS) is 1. The maximum absolute atomic E-state index is 11.2. The van der Waals surface area contributed by atoms with Crippen LogP contribution in [-0.2, 0) is 20.1 Å². The summed E-state index contributed by atoms with van der Waals surface area (Å²) in [4.78, 5) is 19.6. The standard InChI is InChI=1S/C14H9NO2.C11H8N.Ir/c16-14(17)13-11-7-2-1-5-9(11)10-6-3-4-8-12(10)15-13;1-2-6-10(7-3-1)11-8-4-5-9-12-11;/h1-8H,(H,16,17);1-6,8-9H;/q;-1;. The second kappa shape index (κ2) is 9.88. The van der Waals surface area contributed by atoms with E-state index in [2.05, 4.69) is 16.0 Å². The maximum Gasteiger partial charge on any atom is 0.355 e. The first kappa shape index (κ1) is 21.3. The van der Waals surface area contributed by atoms with Gasteiger partial charge in [0.2, 0.25) is 0 Å². The van der Waals surface area contributed by atoms with Crippen molar-refractivity contribution >= 4 is 27.6 Å². The first-order valence-electron chi connectivity index (χ1n) is 9.13. The van der Waals surface area contributed by atoms with E-state index in [1.54, 1.807) is 12.3 Å².